The van der Waals surface area contributed by atoms with Crippen molar-refractivity contribution in [3.63, 3.8) is 0 Å². The summed E-state index contributed by atoms with van der Waals surface area (Å²) in [5, 5.41) is 2.94. The van der Waals surface area contributed by atoms with Crippen LogP contribution in [-0.2, 0) is 17.9 Å². The van der Waals surface area contributed by atoms with Gasteiger partial charge in [-0.2, -0.15) is 0 Å². The van der Waals surface area contributed by atoms with Gasteiger partial charge in [0.1, 0.15) is 12.4 Å². The van der Waals surface area contributed by atoms with Crippen LogP contribution >= 0.6 is 0 Å². The Balaban J connectivity index is 1.51. The molecule has 3 rings (SSSR count). The van der Waals surface area contributed by atoms with E-state index in [-0.39, 0.29) is 17.9 Å². The van der Waals surface area contributed by atoms with Gasteiger partial charge in [-0.1, -0.05) is 48.5 Å². The summed E-state index contributed by atoms with van der Waals surface area (Å²) in [5.74, 6) is 1.09. The Bertz CT molecular complexity index is 810. The van der Waals surface area contributed by atoms with Crippen LogP contribution in [0.25, 0.3) is 0 Å². The molecule has 148 valence electrons. The quantitative estimate of drug-likeness (QED) is 0.802. The van der Waals surface area contributed by atoms with Crippen LogP contribution < -0.4 is 10.1 Å². The number of ether oxygens (including phenoxy) is 1. The molecule has 1 atom stereocenters. The number of urea groups is 1. The molecule has 0 spiro atoms. The lowest BCUT2D eigenvalue weighted by Gasteiger charge is -2.21. The van der Waals surface area contributed by atoms with Gasteiger partial charge in [0.2, 0.25) is 5.91 Å². The fourth-order valence-electron chi connectivity index (χ4n) is 3.38. The Labute approximate surface area is 166 Å². The molecule has 2 aromatic carbocycles. The largest absolute Gasteiger partial charge is 0.489 e. The molecular weight excluding hydrogens is 354 g/mol. The summed E-state index contributed by atoms with van der Waals surface area (Å²) in [7, 11) is 3.56. The molecular formula is C22H27N3O3. The van der Waals surface area contributed by atoms with Crippen LogP contribution in [0.3, 0.4) is 0 Å². The van der Waals surface area contributed by atoms with Gasteiger partial charge in [0.15, 0.2) is 0 Å². The minimum absolute atomic E-state index is 0.142. The molecule has 3 amide bonds. The standard InChI is InChI=1S/C22H27N3O3/c1-24-14-18(12-21(24)26)15-25(2)22(27)23-13-19-10-6-7-11-20(19)28-16-17-8-4-3-5-9-17/h3-11,18H,12-16H2,1-2H3,(H,23,27). The second-order valence-electron chi connectivity index (χ2n) is 7.27. The highest BCUT2D eigenvalue weighted by molar-refractivity contribution is 5.78. The average Bonchev–Trinajstić information content (AvgIpc) is 3.02. The number of carbonyl (C=O) groups excluding carboxylic acids is 2. The van der Waals surface area contributed by atoms with Gasteiger partial charge in [0.05, 0.1) is 0 Å². The topological polar surface area (TPSA) is 61.9 Å². The van der Waals surface area contributed by atoms with E-state index in [1.165, 1.54) is 0 Å². The lowest BCUT2D eigenvalue weighted by atomic mass is 10.1. The van der Waals surface area contributed by atoms with Gasteiger partial charge in [0.25, 0.3) is 0 Å². The molecule has 1 aliphatic rings. The third-order valence-electron chi connectivity index (χ3n) is 4.94. The zero-order valence-electron chi connectivity index (χ0n) is 16.4. The fraction of sp³-hybridized carbons (Fsp3) is 0.364. The fourth-order valence-corrected chi connectivity index (χ4v) is 3.38. The molecule has 2 aromatic rings. The highest BCUT2D eigenvalue weighted by atomic mass is 16.5. The predicted octanol–water partition coefficient (Wildman–Crippen LogP) is 2.89. The van der Waals surface area contributed by atoms with E-state index in [0.29, 0.717) is 32.7 Å². The number of para-hydroxylation sites is 1. The monoisotopic (exact) mass is 381 g/mol. The minimum atomic E-state index is -0.153. The highest BCUT2D eigenvalue weighted by Crippen LogP contribution is 2.20. The van der Waals surface area contributed by atoms with Gasteiger partial charge in [-0.25, -0.2) is 4.79 Å². The van der Waals surface area contributed by atoms with Crippen molar-refractivity contribution in [3.8, 4) is 5.75 Å². The summed E-state index contributed by atoms with van der Waals surface area (Å²) < 4.78 is 5.94. The second-order valence-corrected chi connectivity index (χ2v) is 7.27. The Hall–Kier alpha value is -3.02. The molecule has 1 unspecified atom stereocenters. The molecule has 1 saturated heterocycles. The van der Waals surface area contributed by atoms with E-state index in [4.69, 9.17) is 4.74 Å². The van der Waals surface area contributed by atoms with Gasteiger partial charge >= 0.3 is 6.03 Å². The van der Waals surface area contributed by atoms with Crippen molar-refractivity contribution in [1.82, 2.24) is 15.1 Å². The van der Waals surface area contributed by atoms with E-state index in [0.717, 1.165) is 16.9 Å². The predicted molar refractivity (Wildman–Crippen MR) is 108 cm³/mol. The van der Waals surface area contributed by atoms with Crippen LogP contribution in [0.4, 0.5) is 4.79 Å². The summed E-state index contributed by atoms with van der Waals surface area (Å²) in [6.07, 6.45) is 0.504. The maximum absolute atomic E-state index is 12.4. The molecule has 0 aromatic heterocycles. The normalized spacial score (nSPS) is 16.1. The van der Waals surface area contributed by atoms with Gasteiger partial charge in [-0.15, -0.1) is 0 Å². The van der Waals surface area contributed by atoms with E-state index in [1.807, 2.05) is 54.6 Å². The zero-order valence-corrected chi connectivity index (χ0v) is 16.4. The van der Waals surface area contributed by atoms with Crippen LogP contribution in [-0.4, -0.2) is 48.9 Å². The van der Waals surface area contributed by atoms with Crippen molar-refractivity contribution in [2.24, 2.45) is 5.92 Å². The van der Waals surface area contributed by atoms with E-state index in [2.05, 4.69) is 5.32 Å². The number of rotatable bonds is 7. The highest BCUT2D eigenvalue weighted by Gasteiger charge is 2.28. The van der Waals surface area contributed by atoms with Gasteiger partial charge in [0, 0.05) is 51.6 Å². The Morgan fingerprint density at radius 1 is 1.18 bits per heavy atom. The lowest BCUT2D eigenvalue weighted by molar-refractivity contribution is -0.126. The number of nitrogens with zero attached hydrogens (tertiary/aromatic N) is 2. The summed E-state index contributed by atoms with van der Waals surface area (Å²) in [6.45, 7) is 2.13. The number of hydrogen-bond acceptors (Lipinski definition) is 3. The molecule has 0 bridgehead atoms. The summed E-state index contributed by atoms with van der Waals surface area (Å²) >= 11 is 0. The van der Waals surface area contributed by atoms with E-state index in [1.54, 1.807) is 23.9 Å². The molecule has 0 aliphatic carbocycles. The van der Waals surface area contributed by atoms with Crippen molar-refractivity contribution in [2.45, 2.75) is 19.6 Å². The number of carbonyl (C=O) groups is 2. The van der Waals surface area contributed by atoms with Crippen molar-refractivity contribution in [2.75, 3.05) is 27.2 Å². The number of amides is 3. The third-order valence-corrected chi connectivity index (χ3v) is 4.94. The third kappa shape index (κ3) is 5.25. The SMILES string of the molecule is CN1CC(CN(C)C(=O)NCc2ccccc2OCc2ccccc2)CC1=O. The molecule has 1 heterocycles. The van der Waals surface area contributed by atoms with E-state index < -0.39 is 0 Å². The van der Waals surface area contributed by atoms with Crippen molar-refractivity contribution < 1.29 is 14.3 Å². The first-order valence-electron chi connectivity index (χ1n) is 9.50. The minimum Gasteiger partial charge on any atom is -0.489 e. The first-order chi connectivity index (χ1) is 13.5. The van der Waals surface area contributed by atoms with Crippen LogP contribution in [0.1, 0.15) is 17.5 Å². The van der Waals surface area contributed by atoms with Crippen molar-refractivity contribution >= 4 is 11.9 Å². The van der Waals surface area contributed by atoms with Crippen LogP contribution in [0.2, 0.25) is 0 Å². The van der Waals surface area contributed by atoms with Gasteiger partial charge in [-0.05, 0) is 11.6 Å². The number of likely N-dealkylation sites (tertiary alicyclic amines) is 1. The first kappa shape index (κ1) is 19.7. The van der Waals surface area contributed by atoms with Crippen LogP contribution in [0.15, 0.2) is 54.6 Å². The van der Waals surface area contributed by atoms with Gasteiger partial charge < -0.3 is 19.9 Å². The maximum atomic E-state index is 12.4. The molecule has 1 fully saturated rings. The smallest absolute Gasteiger partial charge is 0.317 e. The Kier molecular flexibility index (Phi) is 6.53. The summed E-state index contributed by atoms with van der Waals surface area (Å²) in [4.78, 5) is 27.4. The second kappa shape index (κ2) is 9.26. The number of hydrogen-bond donors (Lipinski definition) is 1. The van der Waals surface area contributed by atoms with Gasteiger partial charge in [-0.3, -0.25) is 4.79 Å². The molecule has 0 saturated carbocycles. The molecule has 1 N–H and O–H groups in total. The molecule has 28 heavy (non-hydrogen) atoms. The molecule has 6 nitrogen and oxygen atoms in total. The van der Waals surface area contributed by atoms with E-state index in [9.17, 15) is 9.59 Å². The summed E-state index contributed by atoms with van der Waals surface area (Å²) in [5.41, 5.74) is 2.02. The van der Waals surface area contributed by atoms with Crippen molar-refractivity contribution in [3.05, 3.63) is 65.7 Å². The number of benzene rings is 2. The average molecular weight is 381 g/mol. The maximum Gasteiger partial charge on any atom is 0.317 e. The molecule has 0 radical (unpaired) electrons. The first-order valence-corrected chi connectivity index (χ1v) is 9.50. The summed E-state index contributed by atoms with van der Waals surface area (Å²) in [6, 6.07) is 17.5. The molecule has 1 aliphatic heterocycles. The Morgan fingerprint density at radius 2 is 1.89 bits per heavy atom. The number of nitrogens with one attached hydrogen (secondary N) is 1. The van der Waals surface area contributed by atoms with E-state index >= 15 is 0 Å². The Morgan fingerprint density at radius 3 is 2.61 bits per heavy atom. The lowest BCUT2D eigenvalue weighted by Crippen LogP contribution is -2.40. The van der Waals surface area contributed by atoms with Crippen LogP contribution in [0, 0.1) is 5.92 Å². The van der Waals surface area contributed by atoms with Crippen molar-refractivity contribution in [1.29, 1.82) is 0 Å². The molecule has 6 heteroatoms. The van der Waals surface area contributed by atoms with Crippen LogP contribution in [0.5, 0.6) is 5.75 Å². The zero-order chi connectivity index (χ0) is 19.9.